The van der Waals surface area contributed by atoms with Gasteiger partial charge in [-0.05, 0) is 18.8 Å². The van der Waals surface area contributed by atoms with Crippen molar-refractivity contribution >= 4 is 11.8 Å². The highest BCUT2D eigenvalue weighted by atomic mass is 16.2. The molecule has 1 aromatic rings. The third-order valence-electron chi connectivity index (χ3n) is 6.56. The Balaban J connectivity index is 1.45. The van der Waals surface area contributed by atoms with Crippen LogP contribution in [-0.2, 0) is 16.1 Å². The summed E-state index contributed by atoms with van der Waals surface area (Å²) in [7, 11) is 0. The summed E-state index contributed by atoms with van der Waals surface area (Å²) in [5.41, 5.74) is 1.37. The molecule has 3 N–H and O–H groups in total. The number of hydrogen-bond acceptors (Lipinski definition) is 2. The summed E-state index contributed by atoms with van der Waals surface area (Å²) in [6.07, 6.45) is 7.39. The molecule has 5 heteroatoms. The number of likely N-dealkylation sites (tertiary alicyclic amines) is 1. The number of rotatable bonds is 7. The maximum absolute atomic E-state index is 12.9. The first-order chi connectivity index (χ1) is 14.0. The van der Waals surface area contributed by atoms with Crippen LogP contribution in [0.3, 0.4) is 0 Å². The van der Waals surface area contributed by atoms with E-state index in [2.05, 4.69) is 41.0 Å². The predicted molar refractivity (Wildman–Crippen MR) is 115 cm³/mol. The van der Waals surface area contributed by atoms with Gasteiger partial charge in [0.05, 0.1) is 13.1 Å². The largest absolute Gasteiger partial charge is 0.351 e. The minimum atomic E-state index is -0.431. The van der Waals surface area contributed by atoms with Crippen molar-refractivity contribution in [3.05, 3.63) is 35.9 Å². The molecule has 1 saturated heterocycles. The molecule has 3 rings (SSSR count). The van der Waals surface area contributed by atoms with Crippen molar-refractivity contribution in [1.82, 2.24) is 10.6 Å². The van der Waals surface area contributed by atoms with Crippen LogP contribution in [0.4, 0.5) is 0 Å². The molecule has 0 unspecified atom stereocenters. The number of amides is 2. The molecule has 2 aliphatic rings. The Morgan fingerprint density at radius 1 is 1.00 bits per heavy atom. The van der Waals surface area contributed by atoms with Gasteiger partial charge in [-0.2, -0.15) is 0 Å². The first-order valence-corrected chi connectivity index (χ1v) is 11.5. The lowest BCUT2D eigenvalue weighted by Crippen LogP contribution is -3.12. The zero-order valence-electron chi connectivity index (χ0n) is 18.1. The molecule has 1 aromatic carbocycles. The van der Waals surface area contributed by atoms with Crippen molar-refractivity contribution in [3.63, 3.8) is 0 Å². The molecular weight excluding hydrogens is 362 g/mol. The van der Waals surface area contributed by atoms with E-state index < -0.39 is 6.04 Å². The third kappa shape index (κ3) is 6.56. The fraction of sp³-hybridized carbons (Fsp3) is 0.667. The van der Waals surface area contributed by atoms with Crippen molar-refractivity contribution in [2.75, 3.05) is 13.1 Å². The number of benzene rings is 1. The maximum Gasteiger partial charge on any atom is 0.243 e. The molecule has 0 radical (unpaired) electrons. The van der Waals surface area contributed by atoms with Crippen LogP contribution in [0.5, 0.6) is 0 Å². The lowest BCUT2D eigenvalue weighted by atomic mass is 9.88. The van der Waals surface area contributed by atoms with E-state index in [1.807, 2.05) is 13.8 Å². The minimum absolute atomic E-state index is 0.0133. The Labute approximate surface area is 175 Å². The molecule has 0 spiro atoms. The average Bonchev–Trinajstić information content (AvgIpc) is 2.74. The molecule has 160 valence electrons. The minimum Gasteiger partial charge on any atom is -0.351 e. The molecule has 0 aromatic heterocycles. The van der Waals surface area contributed by atoms with Crippen molar-refractivity contribution in [2.24, 2.45) is 11.8 Å². The van der Waals surface area contributed by atoms with Gasteiger partial charge in [0.25, 0.3) is 0 Å². The van der Waals surface area contributed by atoms with E-state index in [-0.39, 0.29) is 29.7 Å². The van der Waals surface area contributed by atoms with Crippen LogP contribution in [0.15, 0.2) is 30.3 Å². The van der Waals surface area contributed by atoms with Gasteiger partial charge in [-0.25, -0.2) is 0 Å². The molecular formula is C24H38N3O2+. The normalized spacial score (nSPS) is 24.1. The number of hydrogen-bond donors (Lipinski definition) is 3. The van der Waals surface area contributed by atoms with Gasteiger partial charge in [0.15, 0.2) is 0 Å². The van der Waals surface area contributed by atoms with Gasteiger partial charge in [0.2, 0.25) is 11.8 Å². The highest BCUT2D eigenvalue weighted by molar-refractivity contribution is 5.88. The molecule has 1 aliphatic heterocycles. The van der Waals surface area contributed by atoms with E-state index in [0.717, 1.165) is 58.2 Å². The van der Waals surface area contributed by atoms with Crippen molar-refractivity contribution in [1.29, 1.82) is 0 Å². The fourth-order valence-electron chi connectivity index (χ4n) is 4.69. The number of carbonyl (C=O) groups is 2. The van der Waals surface area contributed by atoms with Gasteiger partial charge in [0, 0.05) is 30.4 Å². The number of carbonyl (C=O) groups excluding carboxylic acids is 2. The second-order valence-electron chi connectivity index (χ2n) is 9.26. The average molecular weight is 401 g/mol. The second-order valence-corrected chi connectivity index (χ2v) is 9.26. The lowest BCUT2D eigenvalue weighted by Gasteiger charge is -2.32. The van der Waals surface area contributed by atoms with Crippen LogP contribution in [0, 0.1) is 11.8 Å². The zero-order valence-corrected chi connectivity index (χ0v) is 18.1. The molecule has 5 nitrogen and oxygen atoms in total. The quantitative estimate of drug-likeness (QED) is 0.656. The second kappa shape index (κ2) is 10.8. The summed E-state index contributed by atoms with van der Waals surface area (Å²) < 4.78 is 0. The standard InChI is InChI=1S/C24H37N3O2/c1-18(2)22(26-23(28)20-11-7-4-8-12-20)24(29)25-21-13-15-27(16-14-21)17-19-9-5-3-6-10-19/h3,5-6,9-10,18,20-22H,4,7-8,11-17H2,1-2H3,(H,25,29)(H,26,28)/p+1/t22-/m1/s1. The van der Waals surface area contributed by atoms with Gasteiger partial charge in [0.1, 0.15) is 12.6 Å². The third-order valence-corrected chi connectivity index (χ3v) is 6.56. The molecule has 1 aliphatic carbocycles. The summed E-state index contributed by atoms with van der Waals surface area (Å²) in [4.78, 5) is 27.1. The lowest BCUT2D eigenvalue weighted by molar-refractivity contribution is -0.918. The smallest absolute Gasteiger partial charge is 0.243 e. The summed E-state index contributed by atoms with van der Waals surface area (Å²) in [6.45, 7) is 7.21. The summed E-state index contributed by atoms with van der Waals surface area (Å²) >= 11 is 0. The SMILES string of the molecule is CC(C)[C@@H](NC(=O)C1CCCCC1)C(=O)NC1CC[NH+](Cc2ccccc2)CC1. The summed E-state index contributed by atoms with van der Waals surface area (Å²) in [6, 6.07) is 10.4. The molecule has 1 heterocycles. The van der Waals surface area contributed by atoms with Gasteiger partial charge in [-0.15, -0.1) is 0 Å². The Bertz CT molecular complexity index is 647. The summed E-state index contributed by atoms with van der Waals surface area (Å²) in [5, 5.41) is 6.29. The van der Waals surface area contributed by atoms with Crippen molar-refractivity contribution in [2.45, 2.75) is 77.4 Å². The van der Waals surface area contributed by atoms with E-state index in [9.17, 15) is 9.59 Å². The van der Waals surface area contributed by atoms with Gasteiger partial charge < -0.3 is 15.5 Å². The van der Waals surface area contributed by atoms with Crippen LogP contribution in [0.2, 0.25) is 0 Å². The van der Waals surface area contributed by atoms with E-state index in [0.29, 0.717) is 0 Å². The first-order valence-electron chi connectivity index (χ1n) is 11.5. The highest BCUT2D eigenvalue weighted by Crippen LogP contribution is 2.24. The monoisotopic (exact) mass is 400 g/mol. The number of quaternary nitrogens is 1. The van der Waals surface area contributed by atoms with E-state index >= 15 is 0 Å². The molecule has 1 saturated carbocycles. The van der Waals surface area contributed by atoms with E-state index in [1.165, 1.54) is 12.0 Å². The Hall–Kier alpha value is -1.88. The van der Waals surface area contributed by atoms with Crippen LogP contribution in [0.1, 0.15) is 64.4 Å². The number of nitrogens with one attached hydrogen (secondary N) is 3. The van der Waals surface area contributed by atoms with E-state index in [1.54, 1.807) is 4.90 Å². The van der Waals surface area contributed by atoms with Crippen molar-refractivity contribution < 1.29 is 14.5 Å². The fourth-order valence-corrected chi connectivity index (χ4v) is 4.69. The maximum atomic E-state index is 12.9. The van der Waals surface area contributed by atoms with Gasteiger partial charge in [-0.1, -0.05) is 63.4 Å². The summed E-state index contributed by atoms with van der Waals surface area (Å²) in [5.74, 6) is 0.232. The Morgan fingerprint density at radius 3 is 2.28 bits per heavy atom. The van der Waals surface area contributed by atoms with Gasteiger partial charge in [-0.3, -0.25) is 9.59 Å². The highest BCUT2D eigenvalue weighted by Gasteiger charge is 2.31. The molecule has 29 heavy (non-hydrogen) atoms. The van der Waals surface area contributed by atoms with Crippen LogP contribution < -0.4 is 15.5 Å². The molecule has 1 atom stereocenters. The molecule has 2 amide bonds. The van der Waals surface area contributed by atoms with Gasteiger partial charge >= 0.3 is 0 Å². The predicted octanol–water partition coefficient (Wildman–Crippen LogP) is 2.07. The topological polar surface area (TPSA) is 62.6 Å². The molecule has 0 bridgehead atoms. The van der Waals surface area contributed by atoms with Crippen LogP contribution in [-0.4, -0.2) is 37.0 Å². The first kappa shape index (κ1) is 21.8. The van der Waals surface area contributed by atoms with Crippen LogP contribution >= 0.6 is 0 Å². The molecule has 2 fully saturated rings. The Morgan fingerprint density at radius 2 is 1.66 bits per heavy atom. The van der Waals surface area contributed by atoms with Crippen LogP contribution in [0.25, 0.3) is 0 Å². The number of piperidine rings is 1. The zero-order chi connectivity index (χ0) is 20.6. The Kier molecular flexibility index (Phi) is 8.10. The van der Waals surface area contributed by atoms with Crippen molar-refractivity contribution in [3.8, 4) is 0 Å². The van der Waals surface area contributed by atoms with E-state index in [4.69, 9.17) is 0 Å².